The molecule has 0 spiro atoms. The molecule has 3 rings (SSSR count). The highest BCUT2D eigenvalue weighted by Gasteiger charge is 2.33. The molecule has 1 saturated carbocycles. The van der Waals surface area contributed by atoms with Crippen LogP contribution in [0.5, 0.6) is 5.75 Å². The lowest BCUT2D eigenvalue weighted by Gasteiger charge is -2.34. The predicted octanol–water partition coefficient (Wildman–Crippen LogP) is 5.13. The maximum Gasteiger partial charge on any atom is 0.387 e. The zero-order chi connectivity index (χ0) is 26.0. The minimum atomic E-state index is -3.00. The van der Waals surface area contributed by atoms with Crippen molar-refractivity contribution in [3.8, 4) is 17.0 Å². The van der Waals surface area contributed by atoms with Crippen molar-refractivity contribution < 1.29 is 23.4 Å². The smallest absolute Gasteiger partial charge is 0.387 e. The lowest BCUT2D eigenvalue weighted by atomic mass is 9.79. The predicted molar refractivity (Wildman–Crippen MR) is 131 cm³/mol. The van der Waals surface area contributed by atoms with Crippen LogP contribution in [0.4, 0.5) is 8.78 Å². The third-order valence-electron chi connectivity index (χ3n) is 6.59. The number of aliphatic hydroxyl groups is 1. The van der Waals surface area contributed by atoms with Crippen LogP contribution >= 0.6 is 0 Å². The van der Waals surface area contributed by atoms with E-state index in [0.29, 0.717) is 54.2 Å². The van der Waals surface area contributed by atoms with Crippen LogP contribution in [0.25, 0.3) is 11.3 Å². The second kappa shape index (κ2) is 10.6. The molecule has 194 valence electrons. The van der Waals surface area contributed by atoms with Gasteiger partial charge in [0.2, 0.25) is 0 Å². The Bertz CT molecular complexity index is 1040. The zero-order valence-electron chi connectivity index (χ0n) is 21.6. The molecule has 35 heavy (non-hydrogen) atoms. The van der Waals surface area contributed by atoms with Gasteiger partial charge in [0.1, 0.15) is 5.75 Å². The van der Waals surface area contributed by atoms with E-state index < -0.39 is 18.1 Å². The summed E-state index contributed by atoms with van der Waals surface area (Å²) in [4.78, 5) is 17.5. The van der Waals surface area contributed by atoms with Crippen LogP contribution in [0.3, 0.4) is 0 Å². The summed E-state index contributed by atoms with van der Waals surface area (Å²) >= 11 is 0. The molecule has 7 nitrogen and oxygen atoms in total. The minimum Gasteiger partial charge on any atom is -0.434 e. The molecule has 1 amide bonds. The Hall–Kier alpha value is -2.55. The van der Waals surface area contributed by atoms with Crippen LogP contribution in [0.2, 0.25) is 0 Å². The van der Waals surface area contributed by atoms with E-state index in [9.17, 15) is 18.7 Å². The summed E-state index contributed by atoms with van der Waals surface area (Å²) in [7, 11) is 0. The van der Waals surface area contributed by atoms with Crippen molar-refractivity contribution in [2.75, 3.05) is 6.54 Å². The van der Waals surface area contributed by atoms with Crippen LogP contribution in [-0.4, -0.2) is 44.5 Å². The fraction of sp³-hybridized carbons (Fsp3) is 0.654. The third-order valence-corrected chi connectivity index (χ3v) is 6.59. The quantitative estimate of drug-likeness (QED) is 0.533. The standard InChI is InChI=1S/C26H38F2N4O3/c1-7-32-22(19-14-29-18(13-25(4,5)6)12-20(19)35-24(27)28)17(3)21(31-32)23(33)30-15-26(34)10-8-16(2)9-11-26/h12,14,16,24,34H,7-11,13,15H2,1-6H3,(H,30,33). The van der Waals surface area contributed by atoms with Gasteiger partial charge in [-0.1, -0.05) is 27.7 Å². The molecule has 9 heteroatoms. The Morgan fingerprint density at radius 1 is 1.34 bits per heavy atom. The van der Waals surface area contributed by atoms with Gasteiger partial charge in [0.25, 0.3) is 5.91 Å². The number of carbonyl (C=O) groups excluding carboxylic acids is 1. The first-order valence-electron chi connectivity index (χ1n) is 12.3. The molecule has 0 saturated heterocycles. The summed E-state index contributed by atoms with van der Waals surface area (Å²) in [5, 5.41) is 18.1. The third kappa shape index (κ3) is 6.78. The van der Waals surface area contributed by atoms with Crippen LogP contribution in [0, 0.1) is 18.3 Å². The second-order valence-corrected chi connectivity index (χ2v) is 11.0. The molecule has 1 fully saturated rings. The Morgan fingerprint density at radius 2 is 2.00 bits per heavy atom. The van der Waals surface area contributed by atoms with E-state index in [4.69, 9.17) is 4.74 Å². The molecule has 2 aromatic rings. The average molecular weight is 493 g/mol. The molecular weight excluding hydrogens is 454 g/mol. The monoisotopic (exact) mass is 492 g/mol. The molecular formula is C26H38F2N4O3. The highest BCUT2D eigenvalue weighted by Crippen LogP contribution is 2.36. The van der Waals surface area contributed by atoms with Crippen LogP contribution in [0.15, 0.2) is 12.3 Å². The molecule has 2 heterocycles. The van der Waals surface area contributed by atoms with E-state index in [1.807, 2.05) is 27.7 Å². The first-order valence-corrected chi connectivity index (χ1v) is 12.3. The van der Waals surface area contributed by atoms with Crippen molar-refractivity contribution in [3.05, 3.63) is 29.2 Å². The van der Waals surface area contributed by atoms with Crippen LogP contribution < -0.4 is 10.1 Å². The number of hydrogen-bond acceptors (Lipinski definition) is 5. The fourth-order valence-corrected chi connectivity index (χ4v) is 4.63. The number of aromatic nitrogens is 3. The Labute approximate surface area is 206 Å². The molecule has 1 aliphatic carbocycles. The van der Waals surface area contributed by atoms with Crippen molar-refractivity contribution in [2.45, 2.75) is 92.4 Å². The van der Waals surface area contributed by atoms with Gasteiger partial charge in [-0.15, -0.1) is 0 Å². The Morgan fingerprint density at radius 3 is 2.57 bits per heavy atom. The fourth-order valence-electron chi connectivity index (χ4n) is 4.63. The molecule has 2 N–H and O–H groups in total. The molecule has 0 radical (unpaired) electrons. The van der Waals surface area contributed by atoms with Gasteiger partial charge in [-0.25, -0.2) is 0 Å². The van der Waals surface area contributed by atoms with Gasteiger partial charge in [0.15, 0.2) is 5.69 Å². The Kier molecular flexibility index (Phi) is 8.19. The maximum atomic E-state index is 13.3. The number of amides is 1. The number of alkyl halides is 2. The Balaban J connectivity index is 1.91. The van der Waals surface area contributed by atoms with E-state index >= 15 is 0 Å². The highest BCUT2D eigenvalue weighted by molar-refractivity contribution is 5.95. The average Bonchev–Trinajstić information content (AvgIpc) is 3.09. The maximum absolute atomic E-state index is 13.3. The summed E-state index contributed by atoms with van der Waals surface area (Å²) in [6, 6.07) is 1.54. The minimum absolute atomic E-state index is 0.00421. The van der Waals surface area contributed by atoms with Crippen molar-refractivity contribution in [3.63, 3.8) is 0 Å². The topological polar surface area (TPSA) is 89.3 Å². The van der Waals surface area contributed by atoms with E-state index in [1.54, 1.807) is 17.7 Å². The van der Waals surface area contributed by atoms with E-state index in [1.165, 1.54) is 6.20 Å². The normalized spacial score (nSPS) is 20.8. The van der Waals surface area contributed by atoms with Gasteiger partial charge in [-0.3, -0.25) is 14.5 Å². The SMILES string of the molecule is CCn1nc(C(=O)NCC2(O)CCC(C)CC2)c(C)c1-c1cnc(CC(C)(C)C)cc1OC(F)F. The van der Waals surface area contributed by atoms with Gasteiger partial charge in [-0.2, -0.15) is 13.9 Å². The van der Waals surface area contributed by atoms with E-state index in [0.717, 1.165) is 12.8 Å². The van der Waals surface area contributed by atoms with E-state index in [-0.39, 0.29) is 23.4 Å². The molecule has 1 aliphatic rings. The number of hydrogen-bond donors (Lipinski definition) is 2. The van der Waals surface area contributed by atoms with Crippen molar-refractivity contribution in [1.29, 1.82) is 0 Å². The largest absolute Gasteiger partial charge is 0.434 e. The molecule has 2 aromatic heterocycles. The van der Waals surface area contributed by atoms with Crippen LogP contribution in [-0.2, 0) is 13.0 Å². The summed E-state index contributed by atoms with van der Waals surface area (Å²) in [6.45, 7) is 9.45. The van der Waals surface area contributed by atoms with Crippen molar-refractivity contribution in [2.24, 2.45) is 11.3 Å². The summed E-state index contributed by atoms with van der Waals surface area (Å²) in [5.41, 5.74) is 1.24. The van der Waals surface area contributed by atoms with Gasteiger partial charge < -0.3 is 15.2 Å². The number of aryl methyl sites for hydroxylation is 1. The van der Waals surface area contributed by atoms with Crippen molar-refractivity contribution >= 4 is 5.91 Å². The summed E-state index contributed by atoms with van der Waals surface area (Å²) in [5.74, 6) is 0.172. The van der Waals surface area contributed by atoms with Crippen LogP contribution in [0.1, 0.15) is 82.0 Å². The lowest BCUT2D eigenvalue weighted by Crippen LogP contribution is -2.45. The van der Waals surface area contributed by atoms with Gasteiger partial charge in [-0.05, 0) is 57.3 Å². The zero-order valence-corrected chi connectivity index (χ0v) is 21.6. The number of carbonyl (C=O) groups is 1. The van der Waals surface area contributed by atoms with Gasteiger partial charge in [0.05, 0.1) is 16.9 Å². The number of ether oxygens (including phenoxy) is 1. The van der Waals surface area contributed by atoms with Gasteiger partial charge in [0, 0.05) is 36.6 Å². The highest BCUT2D eigenvalue weighted by atomic mass is 19.3. The molecule has 0 aliphatic heterocycles. The molecule has 0 unspecified atom stereocenters. The molecule has 0 atom stereocenters. The lowest BCUT2D eigenvalue weighted by molar-refractivity contribution is -0.0495. The second-order valence-electron chi connectivity index (χ2n) is 11.0. The van der Waals surface area contributed by atoms with Crippen molar-refractivity contribution in [1.82, 2.24) is 20.1 Å². The van der Waals surface area contributed by atoms with Gasteiger partial charge >= 0.3 is 6.61 Å². The summed E-state index contributed by atoms with van der Waals surface area (Å²) in [6.07, 6.45) is 5.24. The van der Waals surface area contributed by atoms with E-state index in [2.05, 4.69) is 22.3 Å². The number of nitrogens with one attached hydrogen (secondary N) is 1. The first kappa shape index (κ1) is 27.0. The number of rotatable bonds is 8. The summed E-state index contributed by atoms with van der Waals surface area (Å²) < 4.78 is 33.1. The molecule has 0 bridgehead atoms. The number of pyridine rings is 1. The number of halogens is 2. The molecule has 0 aromatic carbocycles. The number of nitrogens with zero attached hydrogens (tertiary/aromatic N) is 3. The first-order chi connectivity index (χ1) is 16.3.